The molecule has 0 saturated heterocycles. The van der Waals surface area contributed by atoms with Crippen molar-refractivity contribution in [2.75, 3.05) is 6.61 Å². The van der Waals surface area contributed by atoms with Crippen LogP contribution in [0.15, 0.2) is 34.5 Å². The van der Waals surface area contributed by atoms with Gasteiger partial charge in [0.2, 0.25) is 0 Å². The number of Topliss-reactive ketones (excluding diaryl/α,β-unsaturated/α-hetero) is 1. The summed E-state index contributed by atoms with van der Waals surface area (Å²) < 4.78 is 5.30. The lowest BCUT2D eigenvalue weighted by Crippen LogP contribution is -2.39. The SMILES string of the molecule is CCOC(=O)C1C(C)=NC2=C(C(=O)CC(C)(C)C2)[C@@H]1c1cccc(Cl)c1Cl. The molecule has 4 nitrogen and oxygen atoms in total. The van der Waals surface area contributed by atoms with Crippen LogP contribution in [0.4, 0.5) is 0 Å². The van der Waals surface area contributed by atoms with Crippen LogP contribution in [0.25, 0.3) is 0 Å². The smallest absolute Gasteiger partial charge is 0.315 e. The van der Waals surface area contributed by atoms with Crippen molar-refractivity contribution in [3.05, 3.63) is 45.1 Å². The maximum Gasteiger partial charge on any atom is 0.315 e. The van der Waals surface area contributed by atoms with E-state index in [1.54, 1.807) is 19.1 Å². The standard InChI is InChI=1S/C21H23Cl2NO3/c1-5-27-20(26)16-11(2)24-14-9-21(3,4)10-15(25)18(14)17(16)12-7-6-8-13(22)19(12)23/h6-8,16-17H,5,9-10H2,1-4H3/t16?,17-/m1/s1. The number of hydrogen-bond acceptors (Lipinski definition) is 4. The lowest BCUT2D eigenvalue weighted by atomic mass is 9.67. The molecule has 2 atom stereocenters. The molecule has 0 aromatic heterocycles. The van der Waals surface area contributed by atoms with Crippen molar-refractivity contribution in [2.45, 2.75) is 46.5 Å². The molecule has 1 aromatic carbocycles. The molecular weight excluding hydrogens is 385 g/mol. The molecule has 0 radical (unpaired) electrons. The number of carbonyl (C=O) groups excluding carboxylic acids is 2. The number of ketones is 1. The van der Waals surface area contributed by atoms with Gasteiger partial charge in [-0.2, -0.15) is 0 Å². The third-order valence-corrected chi connectivity index (χ3v) is 5.99. The number of aliphatic imine (C=N–C) groups is 1. The van der Waals surface area contributed by atoms with Gasteiger partial charge in [-0.3, -0.25) is 14.6 Å². The normalized spacial score (nSPS) is 24.4. The van der Waals surface area contributed by atoms with Gasteiger partial charge in [-0.15, -0.1) is 0 Å². The average Bonchev–Trinajstić information content (AvgIpc) is 2.55. The molecule has 0 bridgehead atoms. The molecule has 1 aromatic rings. The van der Waals surface area contributed by atoms with Crippen LogP contribution in [0.5, 0.6) is 0 Å². The predicted molar refractivity (Wildman–Crippen MR) is 107 cm³/mol. The first-order valence-electron chi connectivity index (χ1n) is 9.08. The molecule has 3 rings (SSSR count). The Morgan fingerprint density at radius 3 is 2.67 bits per heavy atom. The van der Waals surface area contributed by atoms with Gasteiger partial charge in [-0.25, -0.2) is 0 Å². The summed E-state index contributed by atoms with van der Waals surface area (Å²) in [6.07, 6.45) is 1.08. The van der Waals surface area contributed by atoms with Crippen molar-refractivity contribution in [1.82, 2.24) is 0 Å². The van der Waals surface area contributed by atoms with E-state index < -0.39 is 17.8 Å². The summed E-state index contributed by atoms with van der Waals surface area (Å²) in [7, 11) is 0. The van der Waals surface area contributed by atoms with E-state index in [2.05, 4.69) is 18.8 Å². The number of hydrogen-bond donors (Lipinski definition) is 0. The fraction of sp³-hybridized carbons (Fsp3) is 0.476. The molecule has 1 heterocycles. The van der Waals surface area contributed by atoms with E-state index in [-0.39, 0.29) is 17.8 Å². The van der Waals surface area contributed by atoms with Crippen molar-refractivity contribution < 1.29 is 14.3 Å². The summed E-state index contributed by atoms with van der Waals surface area (Å²) in [5.41, 5.74) is 2.45. The third-order valence-electron chi connectivity index (χ3n) is 5.16. The van der Waals surface area contributed by atoms with Crippen LogP contribution >= 0.6 is 23.2 Å². The van der Waals surface area contributed by atoms with Crippen molar-refractivity contribution in [3.8, 4) is 0 Å². The molecule has 1 aliphatic heterocycles. The van der Waals surface area contributed by atoms with E-state index >= 15 is 0 Å². The Morgan fingerprint density at radius 1 is 1.30 bits per heavy atom. The number of nitrogens with zero attached hydrogens (tertiary/aromatic N) is 1. The first kappa shape index (κ1) is 20.1. The number of rotatable bonds is 3. The lowest BCUT2D eigenvalue weighted by molar-refractivity contribution is -0.146. The molecule has 27 heavy (non-hydrogen) atoms. The summed E-state index contributed by atoms with van der Waals surface area (Å²) in [6.45, 7) is 7.93. The molecule has 0 saturated carbocycles. The number of halogens is 2. The van der Waals surface area contributed by atoms with Gasteiger partial charge in [0, 0.05) is 29.3 Å². The minimum absolute atomic E-state index is 0.00726. The highest BCUT2D eigenvalue weighted by molar-refractivity contribution is 6.42. The second kappa shape index (κ2) is 7.40. The number of ether oxygens (including phenoxy) is 1. The van der Waals surface area contributed by atoms with Gasteiger partial charge in [0.1, 0.15) is 5.92 Å². The number of benzene rings is 1. The first-order chi connectivity index (χ1) is 12.7. The molecule has 1 aliphatic carbocycles. The van der Waals surface area contributed by atoms with Gasteiger partial charge in [0.15, 0.2) is 5.78 Å². The summed E-state index contributed by atoms with van der Waals surface area (Å²) in [5.74, 6) is -1.62. The Labute approximate surface area is 169 Å². The van der Waals surface area contributed by atoms with Crippen molar-refractivity contribution in [1.29, 1.82) is 0 Å². The molecule has 0 N–H and O–H groups in total. The highest BCUT2D eigenvalue weighted by Gasteiger charge is 2.46. The molecule has 0 spiro atoms. The minimum atomic E-state index is -0.690. The van der Waals surface area contributed by atoms with E-state index in [1.807, 2.05) is 13.0 Å². The zero-order valence-electron chi connectivity index (χ0n) is 15.9. The average molecular weight is 408 g/mol. The summed E-state index contributed by atoms with van der Waals surface area (Å²) in [6, 6.07) is 5.29. The number of allylic oxidation sites excluding steroid dienone is 2. The second-order valence-electron chi connectivity index (χ2n) is 7.90. The van der Waals surface area contributed by atoms with Gasteiger partial charge < -0.3 is 4.74 Å². The van der Waals surface area contributed by atoms with Gasteiger partial charge >= 0.3 is 5.97 Å². The Bertz CT molecular complexity index is 870. The summed E-state index contributed by atoms with van der Waals surface area (Å²) >= 11 is 12.7. The minimum Gasteiger partial charge on any atom is -0.465 e. The van der Waals surface area contributed by atoms with E-state index in [0.717, 1.165) is 5.70 Å². The van der Waals surface area contributed by atoms with Crippen molar-refractivity contribution in [3.63, 3.8) is 0 Å². The molecule has 0 amide bonds. The van der Waals surface area contributed by atoms with Crippen LogP contribution < -0.4 is 0 Å². The van der Waals surface area contributed by atoms with Crippen LogP contribution in [-0.4, -0.2) is 24.1 Å². The molecule has 1 unspecified atom stereocenters. The van der Waals surface area contributed by atoms with Gasteiger partial charge in [0.25, 0.3) is 0 Å². The third kappa shape index (κ3) is 3.70. The number of esters is 1. The maximum absolute atomic E-state index is 13.1. The molecule has 144 valence electrons. The van der Waals surface area contributed by atoms with Crippen LogP contribution in [0, 0.1) is 11.3 Å². The summed E-state index contributed by atoms with van der Waals surface area (Å²) in [5, 5.41) is 0.750. The highest BCUT2D eigenvalue weighted by atomic mass is 35.5. The van der Waals surface area contributed by atoms with Crippen molar-refractivity contribution >= 4 is 40.7 Å². The fourth-order valence-electron chi connectivity index (χ4n) is 4.08. The number of carbonyl (C=O) groups is 2. The van der Waals surface area contributed by atoms with Gasteiger partial charge in [-0.1, -0.05) is 49.2 Å². The lowest BCUT2D eigenvalue weighted by Gasteiger charge is -2.39. The van der Waals surface area contributed by atoms with Gasteiger partial charge in [-0.05, 0) is 37.3 Å². The van der Waals surface area contributed by atoms with E-state index in [1.165, 1.54) is 0 Å². The highest BCUT2D eigenvalue weighted by Crippen LogP contribution is 2.49. The molecular formula is C21H23Cl2NO3. The zero-order chi connectivity index (χ0) is 19.9. The van der Waals surface area contributed by atoms with Crippen LogP contribution in [0.2, 0.25) is 10.0 Å². The monoisotopic (exact) mass is 407 g/mol. The van der Waals surface area contributed by atoms with Crippen LogP contribution in [-0.2, 0) is 14.3 Å². The quantitative estimate of drug-likeness (QED) is 0.632. The summed E-state index contributed by atoms with van der Waals surface area (Å²) in [4.78, 5) is 30.5. The fourth-order valence-corrected chi connectivity index (χ4v) is 4.50. The molecule has 2 aliphatic rings. The Morgan fingerprint density at radius 2 is 2.00 bits per heavy atom. The second-order valence-corrected chi connectivity index (χ2v) is 8.69. The molecule has 6 heteroatoms. The first-order valence-corrected chi connectivity index (χ1v) is 9.84. The van der Waals surface area contributed by atoms with Crippen LogP contribution in [0.3, 0.4) is 0 Å². The van der Waals surface area contributed by atoms with E-state index in [9.17, 15) is 9.59 Å². The van der Waals surface area contributed by atoms with Crippen LogP contribution in [0.1, 0.15) is 52.0 Å². The van der Waals surface area contributed by atoms with E-state index in [0.29, 0.717) is 39.7 Å². The maximum atomic E-state index is 13.1. The van der Waals surface area contributed by atoms with E-state index in [4.69, 9.17) is 27.9 Å². The topological polar surface area (TPSA) is 55.7 Å². The van der Waals surface area contributed by atoms with Crippen molar-refractivity contribution in [2.24, 2.45) is 16.3 Å². The Balaban J connectivity index is 2.23. The van der Waals surface area contributed by atoms with Gasteiger partial charge in [0.05, 0.1) is 16.7 Å². The predicted octanol–water partition coefficient (Wildman–Crippen LogP) is 5.37. The Hall–Kier alpha value is -1.65. The largest absolute Gasteiger partial charge is 0.465 e. The Kier molecular flexibility index (Phi) is 5.51. The zero-order valence-corrected chi connectivity index (χ0v) is 17.4. The molecule has 0 fully saturated rings.